The highest BCUT2D eigenvalue weighted by Gasteiger charge is 2.47. The van der Waals surface area contributed by atoms with Crippen LogP contribution in [0.2, 0.25) is 0 Å². The summed E-state index contributed by atoms with van der Waals surface area (Å²) in [5, 5.41) is 5.87. The van der Waals surface area contributed by atoms with Crippen LogP contribution < -0.4 is 10.6 Å². The number of cyclic esters (lactones) is 1. The zero-order valence-corrected chi connectivity index (χ0v) is 11.8. The molecule has 2 aromatic carbocycles. The van der Waals surface area contributed by atoms with Crippen LogP contribution in [0.1, 0.15) is 12.5 Å². The molecule has 1 heterocycles. The highest BCUT2D eigenvalue weighted by Crippen LogP contribution is 2.31. The molecule has 1 fully saturated rings. The number of benzene rings is 2. The summed E-state index contributed by atoms with van der Waals surface area (Å²) in [6, 6.07) is 12.2. The Balaban J connectivity index is 1.84. The van der Waals surface area contributed by atoms with Crippen LogP contribution in [-0.2, 0) is 15.1 Å². The van der Waals surface area contributed by atoms with Gasteiger partial charge in [-0.25, -0.2) is 18.9 Å². The molecule has 3 rings (SSSR count). The van der Waals surface area contributed by atoms with Crippen molar-refractivity contribution in [2.75, 3.05) is 5.32 Å². The molecule has 2 aromatic rings. The molecule has 0 saturated carbocycles. The third kappa shape index (κ3) is 2.53. The number of para-hydroxylation sites is 1. The van der Waals surface area contributed by atoms with Gasteiger partial charge in [0.2, 0.25) is 6.35 Å². The average Bonchev–Trinajstić information content (AvgIpc) is 2.75. The van der Waals surface area contributed by atoms with E-state index >= 15 is 0 Å². The van der Waals surface area contributed by atoms with Crippen LogP contribution in [0, 0.1) is 11.6 Å². The summed E-state index contributed by atoms with van der Waals surface area (Å²) in [6.45, 7) is 1.50. The monoisotopic (exact) mass is 304 g/mol. The van der Waals surface area contributed by atoms with Gasteiger partial charge in [0.25, 0.3) is 0 Å². The Labute approximate surface area is 126 Å². The van der Waals surface area contributed by atoms with Crippen LogP contribution in [0.15, 0.2) is 48.5 Å². The maximum Gasteiger partial charge on any atom is 0.333 e. The summed E-state index contributed by atoms with van der Waals surface area (Å²) in [6.07, 6.45) is -0.802. The van der Waals surface area contributed by atoms with E-state index in [0.29, 0.717) is 0 Å². The van der Waals surface area contributed by atoms with Gasteiger partial charge in [0.1, 0.15) is 17.2 Å². The number of nitrogens with one attached hydrogen (secondary N) is 2. The second-order valence-corrected chi connectivity index (χ2v) is 5.19. The highest BCUT2D eigenvalue weighted by atomic mass is 19.1. The Hall–Kier alpha value is -2.47. The maximum atomic E-state index is 14.0. The van der Waals surface area contributed by atoms with Gasteiger partial charge in [-0.1, -0.05) is 24.3 Å². The van der Waals surface area contributed by atoms with Crippen molar-refractivity contribution in [1.82, 2.24) is 5.32 Å². The molecule has 22 heavy (non-hydrogen) atoms. The topological polar surface area (TPSA) is 50.4 Å². The number of ether oxygens (including phenoxy) is 1. The fraction of sp³-hybridized carbons (Fsp3) is 0.188. The molecule has 0 radical (unpaired) electrons. The smallest absolute Gasteiger partial charge is 0.333 e. The van der Waals surface area contributed by atoms with Crippen LogP contribution in [0.3, 0.4) is 0 Å². The SMILES string of the molecule is CC1(c2ccc(F)cc2F)NC(Nc2ccccc2)OC1=O. The van der Waals surface area contributed by atoms with E-state index in [1.807, 2.05) is 30.3 Å². The first kappa shape index (κ1) is 14.5. The van der Waals surface area contributed by atoms with Gasteiger partial charge in [0, 0.05) is 17.3 Å². The van der Waals surface area contributed by atoms with Crippen molar-refractivity contribution in [3.05, 3.63) is 65.7 Å². The lowest BCUT2D eigenvalue weighted by Crippen LogP contribution is -2.44. The maximum absolute atomic E-state index is 14.0. The predicted octanol–water partition coefficient (Wildman–Crippen LogP) is 2.72. The molecule has 4 nitrogen and oxygen atoms in total. The van der Waals surface area contributed by atoms with Crippen molar-refractivity contribution >= 4 is 11.7 Å². The fourth-order valence-electron chi connectivity index (χ4n) is 2.41. The number of carbonyl (C=O) groups is 1. The molecule has 0 aliphatic carbocycles. The second-order valence-electron chi connectivity index (χ2n) is 5.19. The van der Waals surface area contributed by atoms with Crippen molar-refractivity contribution in [2.24, 2.45) is 0 Å². The van der Waals surface area contributed by atoms with Crippen LogP contribution in [-0.4, -0.2) is 12.3 Å². The van der Waals surface area contributed by atoms with Crippen molar-refractivity contribution in [3.8, 4) is 0 Å². The summed E-state index contributed by atoms with van der Waals surface area (Å²) in [4.78, 5) is 12.1. The first-order valence-electron chi connectivity index (χ1n) is 6.75. The summed E-state index contributed by atoms with van der Waals surface area (Å²) in [7, 11) is 0. The van der Waals surface area contributed by atoms with Crippen molar-refractivity contribution < 1.29 is 18.3 Å². The number of carbonyl (C=O) groups excluding carboxylic acids is 1. The molecular weight excluding hydrogens is 290 g/mol. The summed E-state index contributed by atoms with van der Waals surface area (Å²) in [5.74, 6) is -2.13. The molecule has 0 spiro atoms. The lowest BCUT2D eigenvalue weighted by molar-refractivity contribution is -0.144. The molecule has 2 N–H and O–H groups in total. The first-order chi connectivity index (χ1) is 10.5. The number of esters is 1. The van der Waals surface area contributed by atoms with Gasteiger partial charge < -0.3 is 10.1 Å². The number of hydrogen-bond acceptors (Lipinski definition) is 4. The van der Waals surface area contributed by atoms with Gasteiger partial charge in [0.05, 0.1) is 0 Å². The van der Waals surface area contributed by atoms with Crippen LogP contribution >= 0.6 is 0 Å². The zero-order chi connectivity index (χ0) is 15.7. The van der Waals surface area contributed by atoms with Crippen molar-refractivity contribution in [2.45, 2.75) is 18.8 Å². The standard InChI is InChI=1S/C16H14F2N2O2/c1-16(12-8-7-10(17)9-13(12)18)14(21)22-15(20-16)19-11-5-3-2-4-6-11/h2-9,15,19-20H,1H3. The molecule has 2 unspecified atom stereocenters. The van der Waals surface area contributed by atoms with E-state index < -0.39 is 29.5 Å². The number of halogens is 2. The predicted molar refractivity (Wildman–Crippen MR) is 76.8 cm³/mol. The molecule has 0 amide bonds. The Kier molecular flexibility index (Phi) is 3.54. The molecule has 1 aliphatic heterocycles. The third-order valence-corrected chi connectivity index (χ3v) is 3.59. The number of hydrogen-bond donors (Lipinski definition) is 2. The first-order valence-corrected chi connectivity index (χ1v) is 6.75. The zero-order valence-electron chi connectivity index (χ0n) is 11.8. The summed E-state index contributed by atoms with van der Waals surface area (Å²) in [5.41, 5.74) is -0.600. The molecule has 1 aliphatic rings. The fourth-order valence-corrected chi connectivity index (χ4v) is 2.41. The van der Waals surface area contributed by atoms with Crippen molar-refractivity contribution in [3.63, 3.8) is 0 Å². The van der Waals surface area contributed by atoms with Gasteiger partial charge >= 0.3 is 5.97 Å². The van der Waals surface area contributed by atoms with E-state index in [2.05, 4.69) is 10.6 Å². The minimum atomic E-state index is -1.38. The van der Waals surface area contributed by atoms with Gasteiger partial charge in [-0.2, -0.15) is 0 Å². The summed E-state index contributed by atoms with van der Waals surface area (Å²) < 4.78 is 32.2. The number of anilines is 1. The Morgan fingerprint density at radius 1 is 1.18 bits per heavy atom. The van der Waals surface area contributed by atoms with E-state index in [0.717, 1.165) is 17.8 Å². The van der Waals surface area contributed by atoms with E-state index in [4.69, 9.17) is 4.74 Å². The highest BCUT2D eigenvalue weighted by molar-refractivity contribution is 5.84. The minimum absolute atomic E-state index is 0.0382. The van der Waals surface area contributed by atoms with Crippen LogP contribution in [0.25, 0.3) is 0 Å². The molecule has 2 atom stereocenters. The van der Waals surface area contributed by atoms with Gasteiger partial charge in [-0.3, -0.25) is 0 Å². The molecular formula is C16H14F2N2O2. The minimum Gasteiger partial charge on any atom is -0.426 e. The Morgan fingerprint density at radius 3 is 2.59 bits per heavy atom. The van der Waals surface area contributed by atoms with Gasteiger partial charge in [-0.05, 0) is 25.1 Å². The third-order valence-electron chi connectivity index (χ3n) is 3.59. The van der Waals surface area contributed by atoms with E-state index in [-0.39, 0.29) is 5.56 Å². The lowest BCUT2D eigenvalue weighted by Gasteiger charge is -2.21. The van der Waals surface area contributed by atoms with Gasteiger partial charge in [-0.15, -0.1) is 0 Å². The molecule has 0 bridgehead atoms. The second kappa shape index (κ2) is 5.38. The normalized spacial score (nSPS) is 24.1. The van der Waals surface area contributed by atoms with E-state index in [9.17, 15) is 13.6 Å². The average molecular weight is 304 g/mol. The van der Waals surface area contributed by atoms with Crippen LogP contribution in [0.4, 0.5) is 14.5 Å². The largest absolute Gasteiger partial charge is 0.426 e. The lowest BCUT2D eigenvalue weighted by atomic mass is 9.92. The van der Waals surface area contributed by atoms with E-state index in [1.165, 1.54) is 13.0 Å². The molecule has 1 saturated heterocycles. The Bertz CT molecular complexity index is 709. The molecule has 6 heteroatoms. The quantitative estimate of drug-likeness (QED) is 0.856. The van der Waals surface area contributed by atoms with Crippen molar-refractivity contribution in [1.29, 1.82) is 0 Å². The van der Waals surface area contributed by atoms with Gasteiger partial charge in [0.15, 0.2) is 0 Å². The van der Waals surface area contributed by atoms with Crippen LogP contribution in [0.5, 0.6) is 0 Å². The number of rotatable bonds is 3. The molecule has 0 aromatic heterocycles. The summed E-state index contributed by atoms with van der Waals surface area (Å²) >= 11 is 0. The molecule has 114 valence electrons. The Morgan fingerprint density at radius 2 is 1.91 bits per heavy atom. The van der Waals surface area contributed by atoms with E-state index in [1.54, 1.807) is 0 Å².